The molecule has 1 aromatic rings. The van der Waals surface area contributed by atoms with Gasteiger partial charge in [-0.3, -0.25) is 0 Å². The van der Waals surface area contributed by atoms with Crippen LogP contribution in [0.4, 0.5) is 10.5 Å². The Balaban J connectivity index is 2.41. The number of rotatable bonds is 6. The van der Waals surface area contributed by atoms with Crippen LogP contribution in [0.3, 0.4) is 0 Å². The van der Waals surface area contributed by atoms with Crippen LogP contribution in [-0.4, -0.2) is 24.6 Å². The molecule has 2 amide bonds. The first-order valence-electron chi connectivity index (χ1n) is 6.03. The smallest absolute Gasteiger partial charge is 0.319 e. The quantitative estimate of drug-likeness (QED) is 0.694. The highest BCUT2D eigenvalue weighted by Gasteiger charge is 2.03. The molecule has 0 saturated heterocycles. The molecule has 0 fully saturated rings. The number of amides is 2. The van der Waals surface area contributed by atoms with Gasteiger partial charge in [0.1, 0.15) is 0 Å². The van der Waals surface area contributed by atoms with Gasteiger partial charge < -0.3 is 16.4 Å². The first kappa shape index (κ1) is 14.9. The zero-order chi connectivity index (χ0) is 13.4. The van der Waals surface area contributed by atoms with Crippen LogP contribution in [0.15, 0.2) is 24.3 Å². The molecule has 0 aliphatic heterocycles. The zero-order valence-corrected chi connectivity index (χ0v) is 11.7. The molecule has 18 heavy (non-hydrogen) atoms. The number of carbonyl (C=O) groups is 1. The van der Waals surface area contributed by atoms with Gasteiger partial charge in [0.05, 0.1) is 0 Å². The van der Waals surface area contributed by atoms with Gasteiger partial charge in [-0.05, 0) is 43.0 Å². The minimum atomic E-state index is -0.169. The van der Waals surface area contributed by atoms with E-state index in [4.69, 9.17) is 5.73 Å². The number of anilines is 1. The number of thioether (sulfide) groups is 1. The van der Waals surface area contributed by atoms with Gasteiger partial charge in [-0.25, -0.2) is 4.79 Å². The van der Waals surface area contributed by atoms with Crippen molar-refractivity contribution in [3.63, 3.8) is 0 Å². The average Bonchev–Trinajstić information content (AvgIpc) is 2.35. The first-order chi connectivity index (χ1) is 8.63. The van der Waals surface area contributed by atoms with E-state index < -0.39 is 0 Å². The van der Waals surface area contributed by atoms with E-state index in [1.54, 1.807) is 11.8 Å². The van der Waals surface area contributed by atoms with Crippen molar-refractivity contribution in [3.05, 3.63) is 29.8 Å². The van der Waals surface area contributed by atoms with Crippen LogP contribution in [-0.2, 0) is 0 Å². The van der Waals surface area contributed by atoms with Crippen molar-refractivity contribution in [2.75, 3.05) is 23.9 Å². The Morgan fingerprint density at radius 1 is 1.50 bits per heavy atom. The molecule has 0 aliphatic rings. The van der Waals surface area contributed by atoms with Crippen LogP contribution in [0.5, 0.6) is 0 Å². The van der Waals surface area contributed by atoms with Crippen LogP contribution in [0, 0.1) is 0 Å². The van der Waals surface area contributed by atoms with Crippen LogP contribution in [0.1, 0.15) is 24.9 Å². The van der Waals surface area contributed by atoms with Gasteiger partial charge in [-0.2, -0.15) is 11.8 Å². The van der Waals surface area contributed by atoms with Gasteiger partial charge >= 0.3 is 6.03 Å². The Kier molecular flexibility index (Phi) is 6.60. The Bertz CT molecular complexity index is 382. The summed E-state index contributed by atoms with van der Waals surface area (Å²) in [6.07, 6.45) is 3.04. The first-order valence-corrected chi connectivity index (χ1v) is 7.42. The van der Waals surface area contributed by atoms with E-state index in [0.29, 0.717) is 6.54 Å². The highest BCUT2D eigenvalue weighted by molar-refractivity contribution is 7.98. The molecule has 1 aromatic carbocycles. The maximum Gasteiger partial charge on any atom is 0.319 e. The molecular weight excluding hydrogens is 246 g/mol. The van der Waals surface area contributed by atoms with Crippen LogP contribution in [0.25, 0.3) is 0 Å². The summed E-state index contributed by atoms with van der Waals surface area (Å²) in [5.41, 5.74) is 7.58. The third-order valence-corrected chi connectivity index (χ3v) is 3.18. The third kappa shape index (κ3) is 5.42. The lowest BCUT2D eigenvalue weighted by Crippen LogP contribution is -2.29. The fourth-order valence-corrected chi connectivity index (χ4v) is 1.93. The van der Waals surface area contributed by atoms with E-state index in [-0.39, 0.29) is 12.1 Å². The standard InChI is InChI=1S/C13H21N3OS/c1-10(14)11-5-3-6-12(9-11)16-13(17)15-7-4-8-18-2/h3,5-6,9-10H,4,7-8,14H2,1-2H3,(H2,15,16,17). The lowest BCUT2D eigenvalue weighted by atomic mass is 10.1. The normalized spacial score (nSPS) is 11.9. The van der Waals surface area contributed by atoms with Crippen molar-refractivity contribution in [1.82, 2.24) is 5.32 Å². The molecular formula is C13H21N3OS. The van der Waals surface area contributed by atoms with Gasteiger partial charge in [-0.1, -0.05) is 12.1 Å². The highest BCUT2D eigenvalue weighted by Crippen LogP contribution is 2.15. The topological polar surface area (TPSA) is 67.2 Å². The zero-order valence-electron chi connectivity index (χ0n) is 10.9. The van der Waals surface area contributed by atoms with Crippen molar-refractivity contribution >= 4 is 23.5 Å². The van der Waals surface area contributed by atoms with E-state index in [9.17, 15) is 4.79 Å². The second kappa shape index (κ2) is 8.00. The van der Waals surface area contributed by atoms with Gasteiger partial charge in [0.15, 0.2) is 0 Å². The van der Waals surface area contributed by atoms with Crippen LogP contribution in [0.2, 0.25) is 0 Å². The minimum absolute atomic E-state index is 0.0311. The van der Waals surface area contributed by atoms with E-state index in [0.717, 1.165) is 23.4 Å². The second-order valence-electron chi connectivity index (χ2n) is 4.14. The molecule has 1 unspecified atom stereocenters. The fraction of sp³-hybridized carbons (Fsp3) is 0.462. The summed E-state index contributed by atoms with van der Waals surface area (Å²) < 4.78 is 0. The SMILES string of the molecule is CSCCCNC(=O)Nc1cccc(C(C)N)c1. The number of hydrogen-bond donors (Lipinski definition) is 3. The molecule has 0 aromatic heterocycles. The van der Waals surface area contributed by atoms with Gasteiger partial charge in [0, 0.05) is 18.3 Å². The number of hydrogen-bond acceptors (Lipinski definition) is 3. The summed E-state index contributed by atoms with van der Waals surface area (Å²) in [6.45, 7) is 2.61. The van der Waals surface area contributed by atoms with Crippen molar-refractivity contribution in [2.45, 2.75) is 19.4 Å². The Morgan fingerprint density at radius 3 is 2.94 bits per heavy atom. The van der Waals surface area contributed by atoms with Crippen molar-refractivity contribution < 1.29 is 4.79 Å². The summed E-state index contributed by atoms with van der Waals surface area (Å²) in [7, 11) is 0. The Labute approximate surface area is 113 Å². The Hall–Kier alpha value is -1.20. The van der Waals surface area contributed by atoms with Crippen LogP contribution < -0.4 is 16.4 Å². The molecule has 0 aliphatic carbocycles. The number of nitrogens with one attached hydrogen (secondary N) is 2. The fourth-order valence-electron chi connectivity index (χ4n) is 1.49. The highest BCUT2D eigenvalue weighted by atomic mass is 32.2. The lowest BCUT2D eigenvalue weighted by Gasteiger charge is -2.10. The number of carbonyl (C=O) groups excluding carboxylic acids is 1. The summed E-state index contributed by atoms with van der Waals surface area (Å²) in [5.74, 6) is 1.06. The van der Waals surface area contributed by atoms with Crippen molar-refractivity contribution in [1.29, 1.82) is 0 Å². The predicted molar refractivity (Wildman–Crippen MR) is 79.1 cm³/mol. The molecule has 4 nitrogen and oxygen atoms in total. The third-order valence-electron chi connectivity index (χ3n) is 2.48. The molecule has 5 heteroatoms. The van der Waals surface area contributed by atoms with E-state index in [1.807, 2.05) is 31.2 Å². The molecule has 0 radical (unpaired) electrons. The molecule has 4 N–H and O–H groups in total. The summed E-state index contributed by atoms with van der Waals surface area (Å²) in [4.78, 5) is 11.6. The van der Waals surface area contributed by atoms with Gasteiger partial charge in [0.25, 0.3) is 0 Å². The van der Waals surface area contributed by atoms with E-state index >= 15 is 0 Å². The summed E-state index contributed by atoms with van der Waals surface area (Å²) in [6, 6.07) is 7.39. The molecule has 0 saturated carbocycles. The molecule has 0 bridgehead atoms. The number of nitrogens with two attached hydrogens (primary N) is 1. The Morgan fingerprint density at radius 2 is 2.28 bits per heavy atom. The maximum absolute atomic E-state index is 11.6. The predicted octanol–water partition coefficient (Wildman–Crippen LogP) is 2.58. The second-order valence-corrected chi connectivity index (χ2v) is 5.13. The van der Waals surface area contributed by atoms with Crippen molar-refractivity contribution in [3.8, 4) is 0 Å². The average molecular weight is 267 g/mol. The minimum Gasteiger partial charge on any atom is -0.338 e. The number of urea groups is 1. The van der Waals surface area contributed by atoms with Crippen LogP contribution >= 0.6 is 11.8 Å². The van der Waals surface area contributed by atoms with Gasteiger partial charge in [-0.15, -0.1) is 0 Å². The molecule has 100 valence electrons. The largest absolute Gasteiger partial charge is 0.338 e. The summed E-state index contributed by atoms with van der Waals surface area (Å²) >= 11 is 1.78. The molecule has 1 atom stereocenters. The maximum atomic E-state index is 11.6. The van der Waals surface area contributed by atoms with E-state index in [2.05, 4.69) is 16.9 Å². The van der Waals surface area contributed by atoms with E-state index in [1.165, 1.54) is 0 Å². The summed E-state index contributed by atoms with van der Waals surface area (Å²) in [5, 5.41) is 5.62. The molecule has 0 spiro atoms. The van der Waals surface area contributed by atoms with Gasteiger partial charge in [0.2, 0.25) is 0 Å². The number of benzene rings is 1. The van der Waals surface area contributed by atoms with Crippen molar-refractivity contribution in [2.24, 2.45) is 5.73 Å². The lowest BCUT2D eigenvalue weighted by molar-refractivity contribution is 0.252. The monoisotopic (exact) mass is 267 g/mol. The molecule has 1 rings (SSSR count). The molecule has 0 heterocycles.